The Morgan fingerprint density at radius 2 is 2.00 bits per heavy atom. The van der Waals surface area contributed by atoms with Crippen molar-refractivity contribution in [2.24, 2.45) is 0 Å². The number of amides is 1. The summed E-state index contributed by atoms with van der Waals surface area (Å²) in [7, 11) is 1.59. The highest BCUT2D eigenvalue weighted by atomic mass is 32.1. The zero-order valence-electron chi connectivity index (χ0n) is 10.6. The van der Waals surface area contributed by atoms with Crippen LogP contribution in [0.2, 0.25) is 0 Å². The number of ether oxygens (including phenoxy) is 1. The topological polar surface area (TPSA) is 38.3 Å². The van der Waals surface area contributed by atoms with Crippen molar-refractivity contribution in [3.8, 4) is 5.75 Å². The molecule has 1 aromatic carbocycles. The molecule has 0 atom stereocenters. The number of anilines is 1. The highest BCUT2D eigenvalue weighted by Crippen LogP contribution is 2.26. The first-order valence-electron chi connectivity index (χ1n) is 5.63. The SMILES string of the molecule is COc1ccccc1NC(=O)c1cc(C)sc1C. The van der Waals surface area contributed by atoms with E-state index in [1.54, 1.807) is 18.4 Å². The lowest BCUT2D eigenvalue weighted by atomic mass is 10.2. The van der Waals surface area contributed by atoms with Crippen LogP contribution in [0, 0.1) is 13.8 Å². The van der Waals surface area contributed by atoms with Gasteiger partial charge in [0, 0.05) is 9.75 Å². The summed E-state index contributed by atoms with van der Waals surface area (Å²) in [5.74, 6) is 0.566. The molecule has 0 fully saturated rings. The molecule has 0 aliphatic carbocycles. The average Bonchev–Trinajstić information content (AvgIpc) is 2.69. The highest BCUT2D eigenvalue weighted by molar-refractivity contribution is 7.12. The maximum Gasteiger partial charge on any atom is 0.256 e. The van der Waals surface area contributed by atoms with Crippen LogP contribution >= 0.6 is 11.3 Å². The number of rotatable bonds is 3. The third-order valence-corrected chi connectivity index (χ3v) is 3.61. The molecule has 2 aromatic rings. The Bertz CT molecular complexity index is 575. The molecule has 0 unspecified atom stereocenters. The normalized spacial score (nSPS) is 10.2. The van der Waals surface area contributed by atoms with Crippen LogP contribution in [0.4, 0.5) is 5.69 Å². The summed E-state index contributed by atoms with van der Waals surface area (Å²) in [5, 5.41) is 2.87. The van der Waals surface area contributed by atoms with E-state index in [2.05, 4.69) is 5.32 Å². The molecular weight excluding hydrogens is 246 g/mol. The molecule has 1 aromatic heterocycles. The maximum absolute atomic E-state index is 12.2. The van der Waals surface area contributed by atoms with Crippen molar-refractivity contribution in [2.45, 2.75) is 13.8 Å². The maximum atomic E-state index is 12.2. The molecule has 0 aliphatic heterocycles. The summed E-state index contributed by atoms with van der Waals surface area (Å²) in [4.78, 5) is 14.3. The van der Waals surface area contributed by atoms with Gasteiger partial charge in [-0.15, -0.1) is 11.3 Å². The lowest BCUT2D eigenvalue weighted by molar-refractivity contribution is 0.102. The minimum Gasteiger partial charge on any atom is -0.495 e. The van der Waals surface area contributed by atoms with Crippen molar-refractivity contribution < 1.29 is 9.53 Å². The Morgan fingerprint density at radius 3 is 2.61 bits per heavy atom. The number of carbonyl (C=O) groups excluding carboxylic acids is 1. The molecule has 4 heteroatoms. The summed E-state index contributed by atoms with van der Waals surface area (Å²) >= 11 is 1.63. The highest BCUT2D eigenvalue weighted by Gasteiger charge is 2.13. The number of hydrogen-bond acceptors (Lipinski definition) is 3. The van der Waals surface area contributed by atoms with Gasteiger partial charge in [-0.25, -0.2) is 0 Å². The second-order valence-corrected chi connectivity index (χ2v) is 5.44. The molecule has 0 bridgehead atoms. The van der Waals surface area contributed by atoms with Gasteiger partial charge in [0.15, 0.2) is 0 Å². The zero-order valence-corrected chi connectivity index (χ0v) is 11.4. The fourth-order valence-corrected chi connectivity index (χ4v) is 2.72. The number of aryl methyl sites for hydroxylation is 2. The smallest absolute Gasteiger partial charge is 0.256 e. The van der Waals surface area contributed by atoms with Crippen LogP contribution in [0.25, 0.3) is 0 Å². The summed E-state index contributed by atoms with van der Waals surface area (Å²) in [6.45, 7) is 3.95. The van der Waals surface area contributed by atoms with Gasteiger partial charge in [0.1, 0.15) is 5.75 Å². The third kappa shape index (κ3) is 2.54. The molecule has 0 aliphatic rings. The van der Waals surface area contributed by atoms with Crippen LogP contribution in [-0.4, -0.2) is 13.0 Å². The van der Waals surface area contributed by atoms with Crippen molar-refractivity contribution in [3.63, 3.8) is 0 Å². The van der Waals surface area contributed by atoms with Gasteiger partial charge in [-0.3, -0.25) is 4.79 Å². The minimum atomic E-state index is -0.0960. The predicted octanol–water partition coefficient (Wildman–Crippen LogP) is 3.63. The first-order chi connectivity index (χ1) is 8.61. The lowest BCUT2D eigenvalue weighted by Crippen LogP contribution is -2.12. The molecule has 94 valence electrons. The predicted molar refractivity (Wildman–Crippen MR) is 74.7 cm³/mol. The fraction of sp³-hybridized carbons (Fsp3) is 0.214. The van der Waals surface area contributed by atoms with E-state index in [0.29, 0.717) is 11.4 Å². The first kappa shape index (κ1) is 12.6. The molecule has 0 saturated carbocycles. The summed E-state index contributed by atoms with van der Waals surface area (Å²) in [6.07, 6.45) is 0. The first-order valence-corrected chi connectivity index (χ1v) is 6.45. The molecule has 0 saturated heterocycles. The molecule has 18 heavy (non-hydrogen) atoms. The van der Waals surface area contributed by atoms with E-state index in [1.807, 2.05) is 44.2 Å². The molecule has 3 nitrogen and oxygen atoms in total. The molecular formula is C14H15NO2S. The van der Waals surface area contributed by atoms with E-state index in [9.17, 15) is 4.79 Å². The van der Waals surface area contributed by atoms with Gasteiger partial charge >= 0.3 is 0 Å². The van der Waals surface area contributed by atoms with E-state index in [0.717, 1.165) is 15.3 Å². The van der Waals surface area contributed by atoms with E-state index in [1.165, 1.54) is 0 Å². The Morgan fingerprint density at radius 1 is 1.28 bits per heavy atom. The van der Waals surface area contributed by atoms with E-state index < -0.39 is 0 Å². The Kier molecular flexibility index (Phi) is 3.67. The number of methoxy groups -OCH3 is 1. The van der Waals surface area contributed by atoms with Gasteiger partial charge in [-0.2, -0.15) is 0 Å². The molecule has 2 rings (SSSR count). The van der Waals surface area contributed by atoms with Crippen molar-refractivity contribution in [2.75, 3.05) is 12.4 Å². The molecule has 1 heterocycles. The monoisotopic (exact) mass is 261 g/mol. The second kappa shape index (κ2) is 5.23. The average molecular weight is 261 g/mol. The minimum absolute atomic E-state index is 0.0960. The number of carbonyl (C=O) groups is 1. The van der Waals surface area contributed by atoms with Gasteiger partial charge in [-0.1, -0.05) is 12.1 Å². The largest absolute Gasteiger partial charge is 0.495 e. The van der Waals surface area contributed by atoms with Crippen molar-refractivity contribution in [1.82, 2.24) is 0 Å². The number of hydrogen-bond donors (Lipinski definition) is 1. The van der Waals surface area contributed by atoms with Crippen LogP contribution < -0.4 is 10.1 Å². The zero-order chi connectivity index (χ0) is 13.1. The summed E-state index contributed by atoms with van der Waals surface area (Å²) in [5.41, 5.74) is 1.41. The van der Waals surface area contributed by atoms with E-state index >= 15 is 0 Å². The van der Waals surface area contributed by atoms with Crippen LogP contribution in [0.5, 0.6) is 5.75 Å². The number of nitrogens with one attached hydrogen (secondary N) is 1. The van der Waals surface area contributed by atoms with Gasteiger partial charge in [0.25, 0.3) is 5.91 Å². The van der Waals surface area contributed by atoms with Gasteiger partial charge in [0.2, 0.25) is 0 Å². The number of benzene rings is 1. The number of para-hydroxylation sites is 2. The molecule has 1 N–H and O–H groups in total. The summed E-state index contributed by atoms with van der Waals surface area (Å²) < 4.78 is 5.21. The van der Waals surface area contributed by atoms with Crippen LogP contribution in [0.3, 0.4) is 0 Å². The van der Waals surface area contributed by atoms with Gasteiger partial charge < -0.3 is 10.1 Å². The Hall–Kier alpha value is -1.81. The molecule has 0 radical (unpaired) electrons. The van der Waals surface area contributed by atoms with Gasteiger partial charge in [0.05, 0.1) is 18.4 Å². The van der Waals surface area contributed by atoms with Crippen LogP contribution in [0.15, 0.2) is 30.3 Å². The Balaban J connectivity index is 2.24. The Labute approximate surface area is 110 Å². The van der Waals surface area contributed by atoms with E-state index in [4.69, 9.17) is 4.74 Å². The second-order valence-electron chi connectivity index (χ2n) is 3.98. The standard InChI is InChI=1S/C14H15NO2S/c1-9-8-11(10(2)18-9)14(16)15-12-6-4-5-7-13(12)17-3/h4-8H,1-3H3,(H,15,16). The van der Waals surface area contributed by atoms with Crippen molar-refractivity contribution in [1.29, 1.82) is 0 Å². The quantitative estimate of drug-likeness (QED) is 0.916. The fourth-order valence-electron chi connectivity index (χ4n) is 1.79. The molecule has 0 spiro atoms. The van der Waals surface area contributed by atoms with Crippen LogP contribution in [-0.2, 0) is 0 Å². The van der Waals surface area contributed by atoms with E-state index in [-0.39, 0.29) is 5.91 Å². The van der Waals surface area contributed by atoms with Gasteiger partial charge in [-0.05, 0) is 32.0 Å². The summed E-state index contributed by atoms with van der Waals surface area (Å²) in [6, 6.07) is 9.29. The third-order valence-electron chi connectivity index (χ3n) is 2.64. The number of thiophene rings is 1. The van der Waals surface area contributed by atoms with Crippen LogP contribution in [0.1, 0.15) is 20.1 Å². The lowest BCUT2D eigenvalue weighted by Gasteiger charge is -2.09. The van der Waals surface area contributed by atoms with Crippen molar-refractivity contribution >= 4 is 22.9 Å². The molecule has 1 amide bonds. The van der Waals surface area contributed by atoms with Crippen molar-refractivity contribution in [3.05, 3.63) is 45.6 Å².